The van der Waals surface area contributed by atoms with Crippen LogP contribution in [0.25, 0.3) is 0 Å². The van der Waals surface area contributed by atoms with E-state index in [0.717, 1.165) is 11.3 Å². The van der Waals surface area contributed by atoms with E-state index in [1.54, 1.807) is 30.5 Å². The fourth-order valence-corrected chi connectivity index (χ4v) is 2.05. The van der Waals surface area contributed by atoms with Gasteiger partial charge in [0.1, 0.15) is 10.7 Å². The molecule has 0 aliphatic heterocycles. The van der Waals surface area contributed by atoms with Crippen LogP contribution in [0, 0.1) is 0 Å². The second-order valence-corrected chi connectivity index (χ2v) is 5.18. The van der Waals surface area contributed by atoms with E-state index >= 15 is 0 Å². The zero-order valence-corrected chi connectivity index (χ0v) is 12.5. The van der Waals surface area contributed by atoms with Crippen molar-refractivity contribution in [2.24, 2.45) is 5.73 Å². The molecule has 1 amide bonds. The van der Waals surface area contributed by atoms with Crippen molar-refractivity contribution < 1.29 is 9.21 Å². The van der Waals surface area contributed by atoms with Crippen molar-refractivity contribution in [1.29, 1.82) is 0 Å². The van der Waals surface area contributed by atoms with E-state index in [0.29, 0.717) is 17.2 Å². The number of nitrogens with two attached hydrogens (primary N) is 1. The summed E-state index contributed by atoms with van der Waals surface area (Å²) in [4.78, 5) is 14.2. The standard InChI is InChI=1S/C15H17N3O2S/c1-18(9-13-6-3-7-20-13)10-14(19)17-12-5-2-4-11(8-12)15(16)21/h2-8H,9-10H2,1H3,(H2,16,21)(H,17,19). The Morgan fingerprint density at radius 1 is 1.38 bits per heavy atom. The van der Waals surface area contributed by atoms with Crippen LogP contribution < -0.4 is 11.1 Å². The molecule has 0 saturated heterocycles. The molecular weight excluding hydrogens is 286 g/mol. The maximum Gasteiger partial charge on any atom is 0.238 e. The average Bonchev–Trinajstić information content (AvgIpc) is 2.91. The topological polar surface area (TPSA) is 71.5 Å². The van der Waals surface area contributed by atoms with E-state index < -0.39 is 0 Å². The Bertz CT molecular complexity index is 626. The summed E-state index contributed by atoms with van der Waals surface area (Å²) in [5.74, 6) is 0.713. The van der Waals surface area contributed by atoms with Gasteiger partial charge >= 0.3 is 0 Å². The molecule has 110 valence electrons. The van der Waals surface area contributed by atoms with Crippen molar-refractivity contribution in [2.75, 3.05) is 18.9 Å². The Morgan fingerprint density at radius 3 is 2.86 bits per heavy atom. The predicted molar refractivity (Wildman–Crippen MR) is 86.0 cm³/mol. The van der Waals surface area contributed by atoms with Crippen LogP contribution in [0.3, 0.4) is 0 Å². The Hall–Kier alpha value is -2.18. The number of benzene rings is 1. The third kappa shape index (κ3) is 4.70. The van der Waals surface area contributed by atoms with E-state index in [4.69, 9.17) is 22.4 Å². The fourth-order valence-electron chi connectivity index (χ4n) is 1.92. The SMILES string of the molecule is CN(CC(=O)Nc1cccc(C(N)=S)c1)Cc1ccco1. The molecule has 2 rings (SSSR count). The largest absolute Gasteiger partial charge is 0.468 e. The first kappa shape index (κ1) is 15.2. The van der Waals surface area contributed by atoms with E-state index in [2.05, 4.69) is 5.32 Å². The molecule has 1 aromatic heterocycles. The molecule has 0 radical (unpaired) electrons. The Labute approximate surface area is 128 Å². The molecule has 5 nitrogen and oxygen atoms in total. The highest BCUT2D eigenvalue weighted by molar-refractivity contribution is 7.80. The molecule has 3 N–H and O–H groups in total. The Kier molecular flexibility index (Phi) is 5.08. The number of likely N-dealkylation sites (N-methyl/N-ethyl adjacent to an activating group) is 1. The van der Waals surface area contributed by atoms with Gasteiger partial charge in [-0.25, -0.2) is 0 Å². The molecule has 2 aromatic rings. The van der Waals surface area contributed by atoms with Crippen LogP contribution in [0.1, 0.15) is 11.3 Å². The van der Waals surface area contributed by atoms with Crippen LogP contribution >= 0.6 is 12.2 Å². The summed E-state index contributed by atoms with van der Waals surface area (Å²) in [5, 5.41) is 2.82. The van der Waals surface area contributed by atoms with Gasteiger partial charge in [-0.05, 0) is 31.3 Å². The smallest absolute Gasteiger partial charge is 0.238 e. The Balaban J connectivity index is 1.89. The summed E-state index contributed by atoms with van der Waals surface area (Å²) in [6.07, 6.45) is 1.62. The van der Waals surface area contributed by atoms with Gasteiger partial charge in [0.05, 0.1) is 19.4 Å². The summed E-state index contributed by atoms with van der Waals surface area (Å²) in [5.41, 5.74) is 6.98. The van der Waals surface area contributed by atoms with Crippen LogP contribution in [-0.4, -0.2) is 29.4 Å². The van der Waals surface area contributed by atoms with Crippen LogP contribution in [0.4, 0.5) is 5.69 Å². The number of hydrogen-bond donors (Lipinski definition) is 2. The van der Waals surface area contributed by atoms with E-state index in [-0.39, 0.29) is 12.5 Å². The maximum atomic E-state index is 12.0. The van der Waals surface area contributed by atoms with Gasteiger partial charge in [-0.1, -0.05) is 24.4 Å². The molecule has 6 heteroatoms. The van der Waals surface area contributed by atoms with Gasteiger partial charge in [0.15, 0.2) is 0 Å². The number of anilines is 1. The first-order valence-corrected chi connectivity index (χ1v) is 6.86. The van der Waals surface area contributed by atoms with Crippen molar-refractivity contribution in [3.8, 4) is 0 Å². The lowest BCUT2D eigenvalue weighted by atomic mass is 10.2. The second kappa shape index (κ2) is 7.01. The van der Waals surface area contributed by atoms with Gasteiger partial charge in [0, 0.05) is 11.3 Å². The molecule has 0 unspecified atom stereocenters. The quantitative estimate of drug-likeness (QED) is 0.799. The fraction of sp³-hybridized carbons (Fsp3) is 0.200. The third-order valence-corrected chi connectivity index (χ3v) is 3.09. The van der Waals surface area contributed by atoms with Crippen LogP contribution in [0.2, 0.25) is 0 Å². The first-order valence-electron chi connectivity index (χ1n) is 6.45. The van der Waals surface area contributed by atoms with Crippen molar-refractivity contribution in [1.82, 2.24) is 4.90 Å². The summed E-state index contributed by atoms with van der Waals surface area (Å²) >= 11 is 4.92. The van der Waals surface area contributed by atoms with Crippen molar-refractivity contribution >= 4 is 28.8 Å². The molecule has 1 heterocycles. The maximum absolute atomic E-state index is 12.0. The minimum atomic E-state index is -0.107. The van der Waals surface area contributed by atoms with Crippen molar-refractivity contribution in [3.05, 3.63) is 54.0 Å². The first-order chi connectivity index (χ1) is 10.0. The zero-order chi connectivity index (χ0) is 15.2. The Morgan fingerprint density at radius 2 is 2.19 bits per heavy atom. The number of amides is 1. The van der Waals surface area contributed by atoms with Crippen LogP contribution in [0.15, 0.2) is 47.1 Å². The lowest BCUT2D eigenvalue weighted by Crippen LogP contribution is -2.29. The third-order valence-electron chi connectivity index (χ3n) is 2.85. The molecule has 1 aromatic carbocycles. The number of rotatable bonds is 6. The van der Waals surface area contributed by atoms with Crippen LogP contribution in [-0.2, 0) is 11.3 Å². The van der Waals surface area contributed by atoms with Gasteiger partial charge < -0.3 is 15.5 Å². The normalized spacial score (nSPS) is 10.6. The monoisotopic (exact) mass is 303 g/mol. The van der Waals surface area contributed by atoms with Crippen molar-refractivity contribution in [2.45, 2.75) is 6.54 Å². The number of hydrogen-bond acceptors (Lipinski definition) is 4. The molecule has 0 bridgehead atoms. The number of carbonyl (C=O) groups is 1. The van der Waals surface area contributed by atoms with Gasteiger partial charge in [-0.3, -0.25) is 9.69 Å². The highest BCUT2D eigenvalue weighted by Crippen LogP contribution is 2.11. The summed E-state index contributed by atoms with van der Waals surface area (Å²) in [7, 11) is 1.85. The minimum absolute atomic E-state index is 0.107. The van der Waals surface area contributed by atoms with Crippen LogP contribution in [0.5, 0.6) is 0 Å². The number of nitrogens with one attached hydrogen (secondary N) is 1. The number of furan rings is 1. The molecule has 0 aliphatic rings. The van der Waals surface area contributed by atoms with Gasteiger partial charge in [-0.15, -0.1) is 0 Å². The average molecular weight is 303 g/mol. The molecule has 0 saturated carbocycles. The van der Waals surface area contributed by atoms with E-state index in [9.17, 15) is 4.79 Å². The summed E-state index contributed by atoms with van der Waals surface area (Å²) in [6.45, 7) is 0.839. The van der Waals surface area contributed by atoms with Crippen molar-refractivity contribution in [3.63, 3.8) is 0 Å². The zero-order valence-electron chi connectivity index (χ0n) is 11.7. The summed E-state index contributed by atoms with van der Waals surface area (Å²) in [6, 6.07) is 10.9. The number of thiocarbonyl (C=S) groups is 1. The summed E-state index contributed by atoms with van der Waals surface area (Å²) < 4.78 is 5.24. The van der Waals surface area contributed by atoms with Gasteiger partial charge in [0.2, 0.25) is 5.91 Å². The van der Waals surface area contributed by atoms with Gasteiger partial charge in [-0.2, -0.15) is 0 Å². The molecule has 21 heavy (non-hydrogen) atoms. The number of carbonyl (C=O) groups excluding carboxylic acids is 1. The number of nitrogens with zero attached hydrogens (tertiary/aromatic N) is 1. The second-order valence-electron chi connectivity index (χ2n) is 4.74. The molecule has 0 atom stereocenters. The lowest BCUT2D eigenvalue weighted by Gasteiger charge is -2.15. The predicted octanol–water partition coefficient (Wildman–Crippen LogP) is 1.98. The molecule has 0 spiro atoms. The molecular formula is C15H17N3O2S. The van der Waals surface area contributed by atoms with E-state index in [1.807, 2.05) is 24.1 Å². The molecule has 0 fully saturated rings. The highest BCUT2D eigenvalue weighted by atomic mass is 32.1. The van der Waals surface area contributed by atoms with Gasteiger partial charge in [0.25, 0.3) is 0 Å². The molecule has 0 aliphatic carbocycles. The van der Waals surface area contributed by atoms with E-state index in [1.165, 1.54) is 0 Å². The highest BCUT2D eigenvalue weighted by Gasteiger charge is 2.09. The minimum Gasteiger partial charge on any atom is -0.468 e. The lowest BCUT2D eigenvalue weighted by molar-refractivity contribution is -0.117.